The van der Waals surface area contributed by atoms with E-state index in [1.54, 1.807) is 54.8 Å². The standard InChI is InChI=1S/2C16H26N2O4.C10H12O4.C6H14N2O/c2*1-20-14-5-4-13(15(21-2)16(14)22-3)12-18-8-6-17(7-9-18)10-11-19;1-12-8-5-4-7(6-11)9(13-2)10(8)14-3;9-6-5-8-3-1-7-2-4-8/h2*4-5,19H,6-12H2,1-3H3;4-6H,1-3H3;7,9H,1-6H2. The van der Waals surface area contributed by atoms with Gasteiger partial charge < -0.3 is 63.3 Å². The predicted octanol–water partition coefficient (Wildman–Crippen LogP) is 2.05. The summed E-state index contributed by atoms with van der Waals surface area (Å²) in [7, 11) is 14.3. The predicted molar refractivity (Wildman–Crippen MR) is 258 cm³/mol. The molecule has 0 atom stereocenters. The number of carbonyl (C=O) groups excluding carboxylic acids is 1. The summed E-state index contributed by atoms with van der Waals surface area (Å²) >= 11 is 0. The van der Waals surface area contributed by atoms with Crippen molar-refractivity contribution in [3.05, 3.63) is 53.1 Å². The molecule has 0 radical (unpaired) electrons. The van der Waals surface area contributed by atoms with Gasteiger partial charge in [-0.05, 0) is 24.3 Å². The zero-order valence-corrected chi connectivity index (χ0v) is 41.3. The Kier molecular flexibility index (Phi) is 27.0. The Bertz CT molecular complexity index is 1750. The highest BCUT2D eigenvalue weighted by Gasteiger charge is 2.23. The highest BCUT2D eigenvalue weighted by molar-refractivity contribution is 5.82. The van der Waals surface area contributed by atoms with Gasteiger partial charge in [0.2, 0.25) is 17.2 Å². The number of carbonyl (C=O) groups is 1. The van der Waals surface area contributed by atoms with E-state index < -0.39 is 0 Å². The quantitative estimate of drug-likeness (QED) is 0.120. The minimum absolute atomic E-state index is 0.226. The van der Waals surface area contributed by atoms with Crippen molar-refractivity contribution in [3.8, 4) is 51.7 Å². The van der Waals surface area contributed by atoms with Gasteiger partial charge in [-0.15, -0.1) is 0 Å². The van der Waals surface area contributed by atoms with Crippen molar-refractivity contribution >= 4 is 6.29 Å². The molecule has 4 N–H and O–H groups in total. The van der Waals surface area contributed by atoms with Crippen molar-refractivity contribution in [2.45, 2.75) is 13.1 Å². The zero-order valence-electron chi connectivity index (χ0n) is 41.3. The topological polar surface area (TPSA) is 189 Å². The van der Waals surface area contributed by atoms with Gasteiger partial charge in [0.25, 0.3) is 0 Å². The number of benzene rings is 3. The van der Waals surface area contributed by atoms with Crippen LogP contribution in [0.15, 0.2) is 36.4 Å². The molecule has 3 heterocycles. The number of aldehydes is 1. The van der Waals surface area contributed by atoms with Crippen LogP contribution in [0.25, 0.3) is 0 Å². The second-order valence-corrected chi connectivity index (χ2v) is 15.5. The fourth-order valence-corrected chi connectivity index (χ4v) is 7.98. The molecule has 0 spiro atoms. The molecule has 3 aromatic carbocycles. The maximum atomic E-state index is 10.7. The number of ether oxygens (including phenoxy) is 9. The Morgan fingerprint density at radius 3 is 1.04 bits per heavy atom. The average molecular weight is 947 g/mol. The second kappa shape index (κ2) is 32.0. The van der Waals surface area contributed by atoms with Crippen LogP contribution in [0.3, 0.4) is 0 Å². The summed E-state index contributed by atoms with van der Waals surface area (Å²) < 4.78 is 47.8. The highest BCUT2D eigenvalue weighted by atomic mass is 16.5. The number of piperazine rings is 3. The van der Waals surface area contributed by atoms with E-state index in [-0.39, 0.29) is 13.2 Å². The maximum absolute atomic E-state index is 10.7. The van der Waals surface area contributed by atoms with Crippen LogP contribution in [-0.2, 0) is 13.1 Å². The molecular weight excluding hydrogens is 869 g/mol. The molecule has 0 aliphatic carbocycles. The molecule has 3 aliphatic heterocycles. The molecule has 19 heteroatoms. The molecule has 0 unspecified atom stereocenters. The fourth-order valence-electron chi connectivity index (χ4n) is 7.98. The van der Waals surface area contributed by atoms with Crippen LogP contribution in [0.1, 0.15) is 21.5 Å². The van der Waals surface area contributed by atoms with E-state index >= 15 is 0 Å². The Balaban J connectivity index is 0.000000249. The first kappa shape index (κ1) is 56.5. The lowest BCUT2D eigenvalue weighted by molar-refractivity contribution is 0.108. The number of hydrogen-bond acceptors (Lipinski definition) is 19. The number of β-amino-alcohol motifs (C(OH)–C–C–N with tert-alkyl or cyclic N) is 3. The van der Waals surface area contributed by atoms with Crippen molar-refractivity contribution in [1.29, 1.82) is 0 Å². The van der Waals surface area contributed by atoms with Gasteiger partial charge in [0, 0.05) is 122 Å². The Morgan fingerprint density at radius 2 is 0.731 bits per heavy atom. The first-order valence-electron chi connectivity index (χ1n) is 22.6. The SMILES string of the molecule is COc1ccc(C=O)c(OC)c1OC.COc1ccc(CN2CCN(CCO)CC2)c(OC)c1OC.COc1ccc(CN2CCN(CCO)CC2)c(OC)c1OC.OCCN1CCNCC1. The van der Waals surface area contributed by atoms with Crippen LogP contribution >= 0.6 is 0 Å². The summed E-state index contributed by atoms with van der Waals surface area (Å²) in [5.41, 5.74) is 2.62. The zero-order chi connectivity index (χ0) is 49.0. The van der Waals surface area contributed by atoms with Gasteiger partial charge in [-0.3, -0.25) is 29.3 Å². The maximum Gasteiger partial charge on any atom is 0.204 e. The number of nitrogens with zero attached hydrogens (tertiary/aromatic N) is 5. The molecule has 19 nitrogen and oxygen atoms in total. The van der Waals surface area contributed by atoms with E-state index in [9.17, 15) is 4.79 Å². The first-order valence-corrected chi connectivity index (χ1v) is 22.6. The van der Waals surface area contributed by atoms with E-state index in [0.717, 1.165) is 134 Å². The largest absolute Gasteiger partial charge is 0.493 e. The minimum Gasteiger partial charge on any atom is -0.493 e. The van der Waals surface area contributed by atoms with Crippen LogP contribution in [0, 0.1) is 0 Å². The van der Waals surface area contributed by atoms with Crippen molar-refractivity contribution in [3.63, 3.8) is 0 Å². The van der Waals surface area contributed by atoms with Gasteiger partial charge in [0.1, 0.15) is 0 Å². The fraction of sp³-hybridized carbons (Fsp3) is 0.604. The molecule has 0 aromatic heterocycles. The smallest absolute Gasteiger partial charge is 0.204 e. The minimum atomic E-state index is 0.226. The summed E-state index contributed by atoms with van der Waals surface area (Å²) in [6, 6.07) is 11.2. The van der Waals surface area contributed by atoms with Crippen molar-refractivity contribution in [1.82, 2.24) is 29.8 Å². The first-order chi connectivity index (χ1) is 32.7. The van der Waals surface area contributed by atoms with Crippen LogP contribution in [0.2, 0.25) is 0 Å². The molecule has 378 valence electrons. The van der Waals surface area contributed by atoms with Gasteiger partial charge in [-0.2, -0.15) is 0 Å². The van der Waals surface area contributed by atoms with Gasteiger partial charge in [-0.25, -0.2) is 0 Å². The van der Waals surface area contributed by atoms with E-state index in [0.29, 0.717) is 58.7 Å². The second-order valence-electron chi connectivity index (χ2n) is 15.5. The Hall–Kier alpha value is -4.83. The lowest BCUT2D eigenvalue weighted by Crippen LogP contribution is -2.46. The lowest BCUT2D eigenvalue weighted by Gasteiger charge is -2.34. The number of rotatable bonds is 20. The third-order valence-corrected chi connectivity index (χ3v) is 11.6. The molecule has 67 heavy (non-hydrogen) atoms. The van der Waals surface area contributed by atoms with Gasteiger partial charge in [-0.1, -0.05) is 12.1 Å². The van der Waals surface area contributed by atoms with Crippen molar-refractivity contribution < 1.29 is 62.7 Å². The molecule has 0 saturated carbocycles. The summed E-state index contributed by atoms with van der Waals surface area (Å²) in [6.07, 6.45) is 0.709. The summed E-state index contributed by atoms with van der Waals surface area (Å²) in [5.74, 6) is 5.46. The summed E-state index contributed by atoms with van der Waals surface area (Å²) in [6.45, 7) is 16.9. The summed E-state index contributed by atoms with van der Waals surface area (Å²) in [5, 5.41) is 29.8. The van der Waals surface area contributed by atoms with Crippen LogP contribution in [-0.4, -0.2) is 228 Å². The molecular formula is C48H78N6O13. The molecule has 6 rings (SSSR count). The van der Waals surface area contributed by atoms with Gasteiger partial charge in [0.05, 0.1) is 89.4 Å². The van der Waals surface area contributed by atoms with Crippen LogP contribution in [0.4, 0.5) is 0 Å². The highest BCUT2D eigenvalue weighted by Crippen LogP contribution is 2.42. The summed E-state index contributed by atoms with van der Waals surface area (Å²) in [4.78, 5) is 22.3. The molecule has 3 aliphatic rings. The molecule has 3 fully saturated rings. The third kappa shape index (κ3) is 17.3. The lowest BCUT2D eigenvalue weighted by atomic mass is 10.1. The van der Waals surface area contributed by atoms with Crippen LogP contribution in [0.5, 0.6) is 51.7 Å². The Labute approximate surface area is 397 Å². The van der Waals surface area contributed by atoms with E-state index in [4.69, 9.17) is 58.0 Å². The van der Waals surface area contributed by atoms with Crippen LogP contribution < -0.4 is 47.9 Å². The van der Waals surface area contributed by atoms with Gasteiger partial charge >= 0.3 is 0 Å². The number of aliphatic hydroxyl groups is 3. The monoisotopic (exact) mass is 947 g/mol. The number of hydrogen-bond donors (Lipinski definition) is 4. The number of aliphatic hydroxyl groups excluding tert-OH is 3. The van der Waals surface area contributed by atoms with E-state index in [1.165, 1.54) is 21.3 Å². The third-order valence-electron chi connectivity index (χ3n) is 11.6. The van der Waals surface area contributed by atoms with Crippen molar-refractivity contribution in [2.24, 2.45) is 0 Å². The molecule has 0 bridgehead atoms. The molecule has 3 aromatic rings. The van der Waals surface area contributed by atoms with Crippen molar-refractivity contribution in [2.75, 3.05) is 182 Å². The van der Waals surface area contributed by atoms with Gasteiger partial charge in [0.15, 0.2) is 40.8 Å². The number of nitrogens with one attached hydrogen (secondary N) is 1. The average Bonchev–Trinajstić information content (AvgIpc) is 3.37. The Morgan fingerprint density at radius 1 is 0.418 bits per heavy atom. The molecule has 0 amide bonds. The normalized spacial score (nSPS) is 15.8. The van der Waals surface area contributed by atoms with E-state index in [1.807, 2.05) is 24.3 Å². The van der Waals surface area contributed by atoms with E-state index in [2.05, 4.69) is 29.8 Å². The number of methoxy groups -OCH3 is 9. The molecule has 3 saturated heterocycles.